The molecule has 0 unspecified atom stereocenters. The predicted octanol–water partition coefficient (Wildman–Crippen LogP) is 2.46. The van der Waals surface area contributed by atoms with Crippen molar-refractivity contribution in [1.82, 2.24) is 0 Å². The number of halogens is 3. The van der Waals surface area contributed by atoms with E-state index in [0.29, 0.717) is 5.56 Å². The van der Waals surface area contributed by atoms with E-state index in [1.165, 1.54) is 18.2 Å². The van der Waals surface area contributed by atoms with Crippen LogP contribution in [0.4, 0.5) is 8.78 Å². The maximum Gasteiger partial charge on any atom is 0.387 e. The minimum atomic E-state index is -3.55. The van der Waals surface area contributed by atoms with Crippen molar-refractivity contribution >= 4 is 21.7 Å². The molecule has 0 aliphatic carbocycles. The van der Waals surface area contributed by atoms with Crippen molar-refractivity contribution in [3.8, 4) is 5.75 Å². The Morgan fingerprint density at radius 3 is 2.43 bits per heavy atom. The molecule has 0 radical (unpaired) electrons. The first-order valence-corrected chi connectivity index (χ1v) is 8.07. The normalized spacial score (nSPS) is 11.0. The van der Waals surface area contributed by atoms with Crippen molar-refractivity contribution in [3.05, 3.63) is 28.8 Å². The van der Waals surface area contributed by atoms with Crippen LogP contribution in [-0.4, -0.2) is 39.6 Å². The van der Waals surface area contributed by atoms with Gasteiger partial charge in [-0.15, -0.1) is 0 Å². The fraction of sp³-hybridized carbons (Fsp3) is 0.500. The largest absolute Gasteiger partial charge is 0.434 e. The van der Waals surface area contributed by atoms with E-state index in [1.807, 2.05) is 0 Å². The van der Waals surface area contributed by atoms with E-state index in [2.05, 4.69) is 8.92 Å². The maximum absolute atomic E-state index is 12.2. The molecule has 0 bridgehead atoms. The number of aliphatic hydroxyl groups is 1. The van der Waals surface area contributed by atoms with Gasteiger partial charge in [0.2, 0.25) is 0 Å². The summed E-state index contributed by atoms with van der Waals surface area (Å²) in [6.45, 7) is -1.20. The van der Waals surface area contributed by atoms with Crippen LogP contribution in [0.15, 0.2) is 18.2 Å². The van der Waals surface area contributed by atoms with Gasteiger partial charge in [0.25, 0.3) is 10.1 Å². The van der Waals surface area contributed by atoms with Crippen molar-refractivity contribution in [2.45, 2.75) is 20.0 Å². The smallest absolute Gasteiger partial charge is 0.387 e. The summed E-state index contributed by atoms with van der Waals surface area (Å²) in [6, 6.07) is 4.21. The van der Waals surface area contributed by atoms with Gasteiger partial charge in [-0.1, -0.05) is 17.7 Å². The molecule has 21 heavy (non-hydrogen) atoms. The lowest BCUT2D eigenvalue weighted by Crippen LogP contribution is -2.09. The standard InChI is InChI=1S/C10H11ClF2O4S.C2H6O/c1-18(14,15)16-5-4-7-2-3-8(11)6-9(7)17-10(12)13;1-2-3/h2-3,6,10H,4-5H2,1H3;3H,2H2,1H3. The molecule has 1 aromatic rings. The van der Waals surface area contributed by atoms with Gasteiger partial charge in [0.15, 0.2) is 0 Å². The van der Waals surface area contributed by atoms with Crippen LogP contribution in [0.3, 0.4) is 0 Å². The zero-order chi connectivity index (χ0) is 16.5. The highest BCUT2D eigenvalue weighted by atomic mass is 35.5. The summed E-state index contributed by atoms with van der Waals surface area (Å²) < 4.78 is 54.6. The third kappa shape index (κ3) is 10.4. The van der Waals surface area contributed by atoms with Gasteiger partial charge >= 0.3 is 6.61 Å². The molecular formula is C12H17ClF2O5S. The Kier molecular flexibility index (Phi) is 9.43. The van der Waals surface area contributed by atoms with Crippen LogP contribution < -0.4 is 4.74 Å². The quantitative estimate of drug-likeness (QED) is 0.801. The van der Waals surface area contributed by atoms with Crippen molar-refractivity contribution in [2.24, 2.45) is 0 Å². The van der Waals surface area contributed by atoms with Gasteiger partial charge in [0.05, 0.1) is 12.9 Å². The van der Waals surface area contributed by atoms with E-state index in [1.54, 1.807) is 6.92 Å². The molecule has 0 aliphatic rings. The third-order valence-corrected chi connectivity index (χ3v) is 2.74. The van der Waals surface area contributed by atoms with Crippen LogP contribution in [0.1, 0.15) is 12.5 Å². The van der Waals surface area contributed by atoms with Crippen LogP contribution in [0.5, 0.6) is 5.75 Å². The second-order valence-corrected chi connectivity index (χ2v) is 5.80. The summed E-state index contributed by atoms with van der Waals surface area (Å²) in [5, 5.41) is 7.82. The SMILES string of the molecule is CCO.CS(=O)(=O)OCCc1ccc(Cl)cc1OC(F)F. The lowest BCUT2D eigenvalue weighted by molar-refractivity contribution is -0.0505. The van der Waals surface area contributed by atoms with E-state index >= 15 is 0 Å². The summed E-state index contributed by atoms with van der Waals surface area (Å²) in [7, 11) is -3.55. The molecular weight excluding hydrogens is 330 g/mol. The molecule has 0 saturated carbocycles. The topological polar surface area (TPSA) is 72.8 Å². The Hall–Kier alpha value is -0.960. The summed E-state index contributed by atoms with van der Waals surface area (Å²) in [4.78, 5) is 0. The molecule has 0 fully saturated rings. The van der Waals surface area contributed by atoms with Gasteiger partial charge in [0.1, 0.15) is 5.75 Å². The van der Waals surface area contributed by atoms with Crippen LogP contribution in [-0.2, 0) is 20.7 Å². The van der Waals surface area contributed by atoms with Crippen LogP contribution in [0.2, 0.25) is 5.02 Å². The Morgan fingerprint density at radius 1 is 1.38 bits per heavy atom. The van der Waals surface area contributed by atoms with E-state index < -0.39 is 16.7 Å². The molecule has 1 aromatic carbocycles. The Labute approximate surface area is 127 Å². The first-order chi connectivity index (χ1) is 9.69. The van der Waals surface area contributed by atoms with Gasteiger partial charge in [-0.3, -0.25) is 4.18 Å². The summed E-state index contributed by atoms with van der Waals surface area (Å²) >= 11 is 5.65. The highest BCUT2D eigenvalue weighted by Gasteiger charge is 2.11. The van der Waals surface area contributed by atoms with E-state index in [-0.39, 0.29) is 30.4 Å². The van der Waals surface area contributed by atoms with E-state index in [9.17, 15) is 17.2 Å². The summed E-state index contributed by atoms with van der Waals surface area (Å²) in [5.41, 5.74) is 0.392. The number of alkyl halides is 2. The molecule has 0 saturated heterocycles. The fourth-order valence-electron chi connectivity index (χ4n) is 1.24. The Bertz CT molecular complexity index is 522. The zero-order valence-corrected chi connectivity index (χ0v) is 13.1. The lowest BCUT2D eigenvalue weighted by Gasteiger charge is -2.10. The third-order valence-electron chi connectivity index (χ3n) is 1.91. The van der Waals surface area contributed by atoms with Crippen molar-refractivity contribution in [2.75, 3.05) is 19.5 Å². The van der Waals surface area contributed by atoms with Crippen LogP contribution in [0, 0.1) is 0 Å². The number of rotatable bonds is 6. The second kappa shape index (κ2) is 9.88. The van der Waals surface area contributed by atoms with Gasteiger partial charge in [-0.05, 0) is 24.6 Å². The van der Waals surface area contributed by atoms with Crippen molar-refractivity contribution in [1.29, 1.82) is 0 Å². The molecule has 0 amide bonds. The fourth-order valence-corrected chi connectivity index (χ4v) is 1.79. The second-order valence-electron chi connectivity index (χ2n) is 3.72. The number of aliphatic hydroxyl groups excluding tert-OH is 1. The Morgan fingerprint density at radius 2 is 1.95 bits per heavy atom. The molecule has 5 nitrogen and oxygen atoms in total. The lowest BCUT2D eigenvalue weighted by atomic mass is 10.1. The maximum atomic E-state index is 12.2. The van der Waals surface area contributed by atoms with Gasteiger partial charge in [0, 0.05) is 18.1 Å². The minimum absolute atomic E-state index is 0.0883. The van der Waals surface area contributed by atoms with Crippen molar-refractivity contribution < 1.29 is 31.2 Å². The van der Waals surface area contributed by atoms with E-state index in [0.717, 1.165) is 6.26 Å². The Balaban J connectivity index is 0.00000122. The molecule has 0 aromatic heterocycles. The van der Waals surface area contributed by atoms with Gasteiger partial charge in [-0.2, -0.15) is 17.2 Å². The van der Waals surface area contributed by atoms with Crippen LogP contribution >= 0.6 is 11.6 Å². The number of hydrogen-bond donors (Lipinski definition) is 1. The molecule has 122 valence electrons. The minimum Gasteiger partial charge on any atom is -0.434 e. The van der Waals surface area contributed by atoms with E-state index in [4.69, 9.17) is 16.7 Å². The van der Waals surface area contributed by atoms with Gasteiger partial charge < -0.3 is 9.84 Å². The highest BCUT2D eigenvalue weighted by molar-refractivity contribution is 7.85. The highest BCUT2D eigenvalue weighted by Crippen LogP contribution is 2.25. The molecule has 0 atom stereocenters. The molecule has 0 heterocycles. The predicted molar refractivity (Wildman–Crippen MR) is 75.3 cm³/mol. The molecule has 1 rings (SSSR count). The molecule has 0 aliphatic heterocycles. The first kappa shape index (κ1) is 20.0. The number of ether oxygens (including phenoxy) is 1. The summed E-state index contributed by atoms with van der Waals surface area (Å²) in [6.07, 6.45) is 1.03. The van der Waals surface area contributed by atoms with Crippen molar-refractivity contribution in [3.63, 3.8) is 0 Å². The van der Waals surface area contributed by atoms with Gasteiger partial charge in [-0.25, -0.2) is 0 Å². The molecule has 1 N–H and O–H groups in total. The average Bonchev–Trinajstić information content (AvgIpc) is 2.30. The monoisotopic (exact) mass is 346 g/mol. The zero-order valence-electron chi connectivity index (χ0n) is 11.6. The molecule has 9 heteroatoms. The van der Waals surface area contributed by atoms with Crippen LogP contribution in [0.25, 0.3) is 0 Å². The summed E-state index contributed by atoms with van der Waals surface area (Å²) in [5.74, 6) is -0.0883. The number of hydrogen-bond acceptors (Lipinski definition) is 5. The average molecular weight is 347 g/mol. The first-order valence-electron chi connectivity index (χ1n) is 5.88. The molecule has 0 spiro atoms. The number of benzene rings is 1.